The number of para-hydroxylation sites is 1. The minimum Gasteiger partial charge on any atom is -0.321 e. The summed E-state index contributed by atoms with van der Waals surface area (Å²) in [5, 5.41) is 20.3. The molecule has 2 aromatic carbocycles. The van der Waals surface area contributed by atoms with E-state index in [4.69, 9.17) is 0 Å². The normalized spacial score (nSPS) is 11.1. The van der Waals surface area contributed by atoms with Crippen LogP contribution in [0.3, 0.4) is 0 Å². The van der Waals surface area contributed by atoms with E-state index in [1.807, 2.05) is 68.6 Å². The van der Waals surface area contributed by atoms with Crippen molar-refractivity contribution < 1.29 is 4.79 Å². The van der Waals surface area contributed by atoms with Crippen LogP contribution in [0.5, 0.6) is 0 Å². The van der Waals surface area contributed by atoms with Gasteiger partial charge in [0.25, 0.3) is 5.91 Å². The summed E-state index contributed by atoms with van der Waals surface area (Å²) in [6.07, 6.45) is 1.64. The number of tetrazole rings is 1. The first-order valence-electron chi connectivity index (χ1n) is 10.3. The second-order valence-electron chi connectivity index (χ2n) is 7.39. The smallest absolute Gasteiger partial charge is 0.256 e. The summed E-state index contributed by atoms with van der Waals surface area (Å²) in [4.78, 5) is 18.4. The van der Waals surface area contributed by atoms with Crippen molar-refractivity contribution in [1.82, 2.24) is 35.0 Å². The maximum Gasteiger partial charge on any atom is 0.256 e. The molecule has 0 saturated heterocycles. The largest absolute Gasteiger partial charge is 0.321 e. The molecule has 3 aromatic heterocycles. The van der Waals surface area contributed by atoms with Crippen LogP contribution < -0.4 is 5.32 Å². The van der Waals surface area contributed by atoms with Crippen molar-refractivity contribution in [3.8, 4) is 5.69 Å². The van der Waals surface area contributed by atoms with E-state index in [1.165, 1.54) is 11.8 Å². The lowest BCUT2D eigenvalue weighted by Gasteiger charge is -2.10. The van der Waals surface area contributed by atoms with Crippen LogP contribution >= 0.6 is 11.8 Å². The number of aryl methyl sites for hydroxylation is 2. The summed E-state index contributed by atoms with van der Waals surface area (Å²) in [5.41, 5.74) is 3.72. The van der Waals surface area contributed by atoms with Crippen LogP contribution in [0.15, 0.2) is 71.8 Å². The molecular formula is C23H20N8OS. The van der Waals surface area contributed by atoms with Gasteiger partial charge in [-0.15, -0.1) is 16.9 Å². The molecule has 164 valence electrons. The van der Waals surface area contributed by atoms with Crippen molar-refractivity contribution in [2.24, 2.45) is 7.05 Å². The number of hydrogen-bond acceptors (Lipinski definition) is 7. The van der Waals surface area contributed by atoms with Crippen LogP contribution in [0.25, 0.3) is 16.7 Å². The zero-order valence-electron chi connectivity index (χ0n) is 18.0. The highest BCUT2D eigenvalue weighted by atomic mass is 32.2. The number of rotatable bonds is 6. The standard InChI is InChI=1S/C23H20N8OS/c1-15-19-12-16(13-24-22(19)30(2)27-15)25-23(32)18-10-6-7-11-20(18)33-14-21-26-28-29-31(21)17-8-4-3-5-9-17/h3-13H,14H2,1-2H3,(H,25,32). The molecular weight excluding hydrogens is 436 g/mol. The van der Waals surface area contributed by atoms with Gasteiger partial charge in [-0.05, 0) is 47.7 Å². The second kappa shape index (κ2) is 8.83. The van der Waals surface area contributed by atoms with E-state index >= 15 is 0 Å². The highest BCUT2D eigenvalue weighted by molar-refractivity contribution is 7.98. The molecule has 0 aliphatic rings. The first kappa shape index (κ1) is 20.8. The first-order chi connectivity index (χ1) is 16.1. The molecule has 0 aliphatic heterocycles. The van der Waals surface area contributed by atoms with Gasteiger partial charge >= 0.3 is 0 Å². The van der Waals surface area contributed by atoms with E-state index in [1.54, 1.807) is 21.6 Å². The molecule has 9 nitrogen and oxygen atoms in total. The van der Waals surface area contributed by atoms with Crippen LogP contribution in [0.2, 0.25) is 0 Å². The van der Waals surface area contributed by atoms with Gasteiger partial charge in [0, 0.05) is 17.3 Å². The average Bonchev–Trinajstić information content (AvgIpc) is 3.42. The minimum atomic E-state index is -0.205. The molecule has 1 amide bonds. The number of fused-ring (bicyclic) bond motifs is 1. The van der Waals surface area contributed by atoms with Crippen LogP contribution in [0.4, 0.5) is 5.69 Å². The zero-order chi connectivity index (χ0) is 22.8. The molecule has 0 radical (unpaired) electrons. The van der Waals surface area contributed by atoms with Crippen molar-refractivity contribution in [3.05, 3.63) is 83.9 Å². The number of carbonyl (C=O) groups excluding carboxylic acids is 1. The summed E-state index contributed by atoms with van der Waals surface area (Å²) in [6, 6.07) is 19.1. The Morgan fingerprint density at radius 1 is 1.09 bits per heavy atom. The lowest BCUT2D eigenvalue weighted by atomic mass is 10.2. The van der Waals surface area contributed by atoms with Crippen molar-refractivity contribution in [1.29, 1.82) is 0 Å². The summed E-state index contributed by atoms with van der Waals surface area (Å²) in [5.74, 6) is 1.00. The van der Waals surface area contributed by atoms with Gasteiger partial charge in [0.1, 0.15) is 0 Å². The number of thioether (sulfide) groups is 1. The lowest BCUT2D eigenvalue weighted by molar-refractivity contribution is 0.102. The fourth-order valence-electron chi connectivity index (χ4n) is 3.56. The third kappa shape index (κ3) is 4.20. The van der Waals surface area contributed by atoms with Crippen molar-refractivity contribution >= 4 is 34.4 Å². The van der Waals surface area contributed by atoms with Gasteiger partial charge in [0.15, 0.2) is 11.5 Å². The number of hydrogen-bond donors (Lipinski definition) is 1. The summed E-state index contributed by atoms with van der Waals surface area (Å²) in [7, 11) is 1.85. The van der Waals surface area contributed by atoms with Gasteiger partial charge in [-0.3, -0.25) is 9.48 Å². The van der Waals surface area contributed by atoms with Crippen LogP contribution in [0.1, 0.15) is 21.9 Å². The van der Waals surface area contributed by atoms with Crippen LogP contribution in [-0.2, 0) is 12.8 Å². The van der Waals surface area contributed by atoms with Gasteiger partial charge in [0.2, 0.25) is 0 Å². The number of anilines is 1. The topological polar surface area (TPSA) is 103 Å². The second-order valence-corrected chi connectivity index (χ2v) is 8.40. The van der Waals surface area contributed by atoms with E-state index in [0.717, 1.165) is 27.3 Å². The van der Waals surface area contributed by atoms with E-state index in [-0.39, 0.29) is 5.91 Å². The molecule has 3 heterocycles. The van der Waals surface area contributed by atoms with Gasteiger partial charge < -0.3 is 5.32 Å². The van der Waals surface area contributed by atoms with E-state index in [9.17, 15) is 4.79 Å². The highest BCUT2D eigenvalue weighted by Crippen LogP contribution is 2.27. The van der Waals surface area contributed by atoms with Crippen LogP contribution in [0, 0.1) is 6.92 Å². The molecule has 0 atom stereocenters. The molecule has 0 spiro atoms. The Morgan fingerprint density at radius 3 is 2.73 bits per heavy atom. The minimum absolute atomic E-state index is 0.205. The van der Waals surface area contributed by atoms with Gasteiger partial charge in [0.05, 0.1) is 34.6 Å². The highest BCUT2D eigenvalue weighted by Gasteiger charge is 2.15. The molecule has 5 aromatic rings. The number of pyridine rings is 1. The average molecular weight is 457 g/mol. The quantitative estimate of drug-likeness (QED) is 0.388. The number of aromatic nitrogens is 7. The molecule has 1 N–H and O–H groups in total. The Labute approximate surface area is 193 Å². The third-order valence-electron chi connectivity index (χ3n) is 5.14. The fourth-order valence-corrected chi connectivity index (χ4v) is 4.52. The lowest BCUT2D eigenvalue weighted by Crippen LogP contribution is -2.13. The van der Waals surface area contributed by atoms with E-state index in [2.05, 4.69) is 30.9 Å². The predicted molar refractivity (Wildman–Crippen MR) is 126 cm³/mol. The van der Waals surface area contributed by atoms with Crippen molar-refractivity contribution in [2.45, 2.75) is 17.6 Å². The predicted octanol–water partition coefficient (Wildman–Crippen LogP) is 3.80. The Morgan fingerprint density at radius 2 is 1.88 bits per heavy atom. The van der Waals surface area contributed by atoms with Gasteiger partial charge in [-0.25, -0.2) is 4.98 Å². The Hall–Kier alpha value is -4.05. The van der Waals surface area contributed by atoms with Crippen molar-refractivity contribution in [3.63, 3.8) is 0 Å². The van der Waals surface area contributed by atoms with E-state index < -0.39 is 0 Å². The molecule has 0 fully saturated rings. The maximum atomic E-state index is 13.1. The number of benzene rings is 2. The number of carbonyl (C=O) groups is 1. The molecule has 0 bridgehead atoms. The molecule has 0 unspecified atom stereocenters. The van der Waals surface area contributed by atoms with Crippen LogP contribution in [-0.4, -0.2) is 40.9 Å². The summed E-state index contributed by atoms with van der Waals surface area (Å²) in [6.45, 7) is 1.92. The van der Waals surface area contributed by atoms with Crippen molar-refractivity contribution in [2.75, 3.05) is 5.32 Å². The molecule has 33 heavy (non-hydrogen) atoms. The summed E-state index contributed by atoms with van der Waals surface area (Å²) < 4.78 is 3.43. The molecule has 5 rings (SSSR count). The number of nitrogens with zero attached hydrogens (tertiary/aromatic N) is 7. The SMILES string of the molecule is Cc1nn(C)c2ncc(NC(=O)c3ccccc3SCc3nnnn3-c3ccccc3)cc12. The van der Waals surface area contributed by atoms with Gasteiger partial charge in [-0.2, -0.15) is 9.78 Å². The molecule has 0 saturated carbocycles. The zero-order valence-corrected chi connectivity index (χ0v) is 18.8. The maximum absolute atomic E-state index is 13.1. The molecule has 0 aliphatic carbocycles. The molecule has 10 heteroatoms. The monoisotopic (exact) mass is 456 g/mol. The van der Waals surface area contributed by atoms with E-state index in [0.29, 0.717) is 22.8 Å². The Kier molecular flexibility index (Phi) is 5.57. The Balaban J connectivity index is 1.35. The first-order valence-corrected chi connectivity index (χ1v) is 11.2. The fraction of sp³-hybridized carbons (Fsp3) is 0.130. The third-order valence-corrected chi connectivity index (χ3v) is 6.21. The summed E-state index contributed by atoms with van der Waals surface area (Å²) >= 11 is 1.51. The number of nitrogens with one attached hydrogen (secondary N) is 1. The van der Waals surface area contributed by atoms with Gasteiger partial charge in [-0.1, -0.05) is 30.3 Å². The Bertz CT molecular complexity index is 1440. The number of amides is 1.